The van der Waals surface area contributed by atoms with Gasteiger partial charge in [0.05, 0.1) is 5.56 Å². The normalized spacial score (nSPS) is 9.82. The van der Waals surface area contributed by atoms with Crippen molar-refractivity contribution in [3.8, 4) is 5.75 Å². The molecule has 2 aromatic rings. The standard InChI is InChI=1S/C11H16.C7H6O3P/c1-5-11-9(3)6-8(2)7-10(11)4;8-5-6-3-1-2-4-7(6)10-11-9/h6-7H,5H2,1-4H3;1-5,11H/q;+1. The second-order valence-corrected chi connectivity index (χ2v) is 5.44. The summed E-state index contributed by atoms with van der Waals surface area (Å²) >= 11 is 0. The number of rotatable bonds is 4. The minimum atomic E-state index is -0.874. The molecule has 2 aromatic carbocycles. The van der Waals surface area contributed by atoms with E-state index in [4.69, 9.17) is 0 Å². The Hall–Kier alpha value is -1.99. The first-order valence-electron chi connectivity index (χ1n) is 7.18. The molecular weight excluding hydrogens is 295 g/mol. The van der Waals surface area contributed by atoms with Gasteiger partial charge >= 0.3 is 8.69 Å². The monoisotopic (exact) mass is 317 g/mol. The lowest BCUT2D eigenvalue weighted by molar-refractivity contribution is 0.112. The van der Waals surface area contributed by atoms with Crippen LogP contribution >= 0.6 is 8.69 Å². The summed E-state index contributed by atoms with van der Waals surface area (Å²) in [5, 5.41) is 0. The summed E-state index contributed by atoms with van der Waals surface area (Å²) in [5.41, 5.74) is 6.17. The molecule has 3 nitrogen and oxygen atoms in total. The topological polar surface area (TPSA) is 43.4 Å². The van der Waals surface area contributed by atoms with Crippen LogP contribution in [-0.4, -0.2) is 6.29 Å². The maximum atomic E-state index is 10.3. The summed E-state index contributed by atoms with van der Waals surface area (Å²) in [4.78, 5) is 10.3. The molecule has 116 valence electrons. The molecule has 0 amide bonds. The van der Waals surface area contributed by atoms with E-state index in [1.807, 2.05) is 0 Å². The SMILES string of the molecule is CCc1c(C)cc(C)cc1C.O=Cc1ccccc1O[PH+]=O. The van der Waals surface area contributed by atoms with Crippen LogP contribution < -0.4 is 4.52 Å². The molecule has 0 heterocycles. The van der Waals surface area contributed by atoms with Gasteiger partial charge in [-0.3, -0.25) is 9.32 Å². The lowest BCUT2D eigenvalue weighted by Crippen LogP contribution is -1.92. The zero-order valence-electron chi connectivity index (χ0n) is 13.5. The first-order valence-corrected chi connectivity index (χ1v) is 8.00. The Bertz CT molecular complexity index is 628. The lowest BCUT2D eigenvalue weighted by Gasteiger charge is -2.08. The van der Waals surface area contributed by atoms with Crippen LogP contribution in [0.4, 0.5) is 0 Å². The smallest absolute Gasteiger partial charge is 0.298 e. The Morgan fingerprint density at radius 3 is 2.18 bits per heavy atom. The predicted molar refractivity (Wildman–Crippen MR) is 91.5 cm³/mol. The third-order valence-corrected chi connectivity index (χ3v) is 3.69. The number of carbonyl (C=O) groups excluding carboxylic acids is 1. The second kappa shape index (κ2) is 9.11. The summed E-state index contributed by atoms with van der Waals surface area (Å²) in [6.07, 6.45) is 1.81. The zero-order valence-corrected chi connectivity index (χ0v) is 14.5. The van der Waals surface area contributed by atoms with Gasteiger partial charge in [-0.25, -0.2) is 0 Å². The number of aryl methyl sites for hydroxylation is 3. The van der Waals surface area contributed by atoms with Gasteiger partial charge in [0.1, 0.15) is 0 Å². The molecule has 0 aliphatic heterocycles. The molecule has 0 aliphatic carbocycles. The molecule has 1 atom stereocenters. The van der Waals surface area contributed by atoms with Gasteiger partial charge in [0, 0.05) is 0 Å². The Kier molecular flexibility index (Phi) is 7.48. The van der Waals surface area contributed by atoms with E-state index in [9.17, 15) is 9.36 Å². The van der Waals surface area contributed by atoms with Crippen LogP contribution in [0.3, 0.4) is 0 Å². The predicted octanol–water partition coefficient (Wildman–Crippen LogP) is 4.99. The van der Waals surface area contributed by atoms with Crippen molar-refractivity contribution in [2.45, 2.75) is 34.1 Å². The molecule has 0 saturated heterocycles. The van der Waals surface area contributed by atoms with Crippen molar-refractivity contribution in [1.29, 1.82) is 0 Å². The Morgan fingerprint density at radius 2 is 1.68 bits per heavy atom. The van der Waals surface area contributed by atoms with Gasteiger partial charge in [-0.05, 0) is 60.6 Å². The Balaban J connectivity index is 0.000000220. The van der Waals surface area contributed by atoms with Crippen LogP contribution in [0.2, 0.25) is 0 Å². The van der Waals surface area contributed by atoms with E-state index in [2.05, 4.69) is 44.4 Å². The van der Waals surface area contributed by atoms with E-state index < -0.39 is 8.69 Å². The minimum absolute atomic E-state index is 0.357. The number of carbonyl (C=O) groups is 1. The zero-order chi connectivity index (χ0) is 16.5. The van der Waals surface area contributed by atoms with Gasteiger partial charge in [-0.2, -0.15) is 0 Å². The quantitative estimate of drug-likeness (QED) is 0.589. The highest BCUT2D eigenvalue weighted by atomic mass is 31.1. The fourth-order valence-corrected chi connectivity index (χ4v) is 2.76. The molecule has 1 unspecified atom stereocenters. The summed E-state index contributed by atoms with van der Waals surface area (Å²) in [5.74, 6) is 0.357. The van der Waals surface area contributed by atoms with Gasteiger partial charge in [-0.15, -0.1) is 0 Å². The maximum Gasteiger partial charge on any atom is 0.542 e. The lowest BCUT2D eigenvalue weighted by atomic mass is 9.98. The van der Waals surface area contributed by atoms with E-state index in [0.717, 1.165) is 6.42 Å². The molecular formula is C18H22O3P+. The highest BCUT2D eigenvalue weighted by Crippen LogP contribution is 2.19. The van der Waals surface area contributed by atoms with Crippen LogP contribution in [0.15, 0.2) is 36.4 Å². The van der Waals surface area contributed by atoms with Gasteiger partial charge in [-0.1, -0.05) is 36.8 Å². The number of benzene rings is 2. The fraction of sp³-hybridized carbons (Fsp3) is 0.278. The maximum absolute atomic E-state index is 10.3. The number of aldehydes is 1. The van der Waals surface area contributed by atoms with Crippen LogP contribution in [0.5, 0.6) is 5.75 Å². The van der Waals surface area contributed by atoms with Crippen molar-refractivity contribution < 1.29 is 13.9 Å². The average molecular weight is 317 g/mol. The Morgan fingerprint density at radius 1 is 1.09 bits per heavy atom. The van der Waals surface area contributed by atoms with Crippen molar-refractivity contribution in [2.24, 2.45) is 0 Å². The van der Waals surface area contributed by atoms with Crippen molar-refractivity contribution >= 4 is 15.0 Å². The van der Waals surface area contributed by atoms with Crippen molar-refractivity contribution in [1.82, 2.24) is 0 Å². The highest BCUT2D eigenvalue weighted by molar-refractivity contribution is 7.17. The molecule has 0 spiro atoms. The Labute approximate surface area is 133 Å². The first-order chi connectivity index (χ1) is 10.5. The van der Waals surface area contributed by atoms with Crippen molar-refractivity contribution in [3.63, 3.8) is 0 Å². The summed E-state index contributed by atoms with van der Waals surface area (Å²) in [6.45, 7) is 8.75. The molecule has 0 radical (unpaired) electrons. The van der Waals surface area contributed by atoms with Crippen LogP contribution in [0.1, 0.15) is 39.5 Å². The van der Waals surface area contributed by atoms with E-state index in [0.29, 0.717) is 17.6 Å². The molecule has 2 rings (SSSR count). The van der Waals surface area contributed by atoms with E-state index in [1.165, 1.54) is 22.3 Å². The highest BCUT2D eigenvalue weighted by Gasteiger charge is 2.04. The van der Waals surface area contributed by atoms with Crippen LogP contribution in [-0.2, 0) is 11.0 Å². The molecule has 0 bridgehead atoms. The number of hydrogen-bond acceptors (Lipinski definition) is 3. The molecule has 4 heteroatoms. The molecule has 0 N–H and O–H groups in total. The first kappa shape index (κ1) is 18.1. The molecule has 0 aliphatic rings. The number of para-hydroxylation sites is 1. The van der Waals surface area contributed by atoms with Gasteiger partial charge in [0.2, 0.25) is 0 Å². The van der Waals surface area contributed by atoms with Gasteiger partial charge in [0.25, 0.3) is 0 Å². The van der Waals surface area contributed by atoms with Crippen LogP contribution in [0.25, 0.3) is 0 Å². The van der Waals surface area contributed by atoms with Crippen LogP contribution in [0, 0.1) is 20.8 Å². The van der Waals surface area contributed by atoms with Crippen molar-refractivity contribution in [2.75, 3.05) is 0 Å². The van der Waals surface area contributed by atoms with E-state index in [1.54, 1.807) is 24.3 Å². The second-order valence-electron chi connectivity index (χ2n) is 5.07. The van der Waals surface area contributed by atoms with E-state index >= 15 is 0 Å². The third-order valence-electron chi connectivity index (χ3n) is 3.39. The summed E-state index contributed by atoms with van der Waals surface area (Å²) < 4.78 is 14.7. The largest absolute Gasteiger partial charge is 0.542 e. The molecule has 0 saturated carbocycles. The van der Waals surface area contributed by atoms with Gasteiger partial charge < -0.3 is 0 Å². The molecule has 22 heavy (non-hydrogen) atoms. The van der Waals surface area contributed by atoms with E-state index in [-0.39, 0.29) is 0 Å². The van der Waals surface area contributed by atoms with Crippen molar-refractivity contribution in [3.05, 3.63) is 64.2 Å². The average Bonchev–Trinajstić information content (AvgIpc) is 2.48. The molecule has 0 aromatic heterocycles. The summed E-state index contributed by atoms with van der Waals surface area (Å²) in [7, 11) is -0.874. The van der Waals surface area contributed by atoms with Gasteiger partial charge in [0.15, 0.2) is 12.0 Å². The minimum Gasteiger partial charge on any atom is -0.298 e. The fourth-order valence-electron chi connectivity index (χ4n) is 2.48. The molecule has 0 fully saturated rings. The number of hydrogen-bond donors (Lipinski definition) is 0. The summed E-state index contributed by atoms with van der Waals surface area (Å²) in [6, 6.07) is 11.1. The third kappa shape index (κ3) is 5.09.